The van der Waals surface area contributed by atoms with Crippen molar-refractivity contribution in [1.82, 2.24) is 4.98 Å². The van der Waals surface area contributed by atoms with Crippen LogP contribution in [-0.4, -0.2) is 4.98 Å². The lowest BCUT2D eigenvalue weighted by atomic mass is 10.3. The van der Waals surface area contributed by atoms with Crippen LogP contribution in [0.2, 0.25) is 5.15 Å². The number of nitrogens with zero attached hydrogens (tertiary/aromatic N) is 2. The van der Waals surface area contributed by atoms with Gasteiger partial charge in [-0.1, -0.05) is 23.6 Å². The Balaban J connectivity index is 2.79. The Labute approximate surface area is 75.8 Å². The molecular formula is C9H5ClN2. The Morgan fingerprint density at radius 3 is 3.00 bits per heavy atom. The van der Waals surface area contributed by atoms with Gasteiger partial charge in [0.1, 0.15) is 10.8 Å². The van der Waals surface area contributed by atoms with E-state index in [-0.39, 0.29) is 6.42 Å². The van der Waals surface area contributed by atoms with Gasteiger partial charge in [0.15, 0.2) is 0 Å². The molecule has 0 saturated heterocycles. The molecule has 0 atom stereocenters. The van der Waals surface area contributed by atoms with E-state index in [1.807, 2.05) is 6.07 Å². The van der Waals surface area contributed by atoms with Crippen LogP contribution >= 0.6 is 11.6 Å². The first-order valence-electron chi connectivity index (χ1n) is 3.31. The lowest BCUT2D eigenvalue weighted by Gasteiger charge is -1.88. The molecule has 0 bridgehead atoms. The standard InChI is InChI=1S/C9H5ClN2/c10-9-6-3-5-8(12-9)4-1-2-7-11/h3,5-6H,2H2. The van der Waals surface area contributed by atoms with E-state index < -0.39 is 0 Å². The second kappa shape index (κ2) is 4.38. The molecule has 0 aliphatic heterocycles. The predicted molar refractivity (Wildman–Crippen MR) is 46.4 cm³/mol. The fourth-order valence-corrected chi connectivity index (χ4v) is 0.816. The highest BCUT2D eigenvalue weighted by Gasteiger charge is 1.88. The van der Waals surface area contributed by atoms with Crippen molar-refractivity contribution in [3.05, 3.63) is 29.0 Å². The van der Waals surface area contributed by atoms with Gasteiger partial charge in [0.25, 0.3) is 0 Å². The average Bonchev–Trinajstić information content (AvgIpc) is 2.05. The quantitative estimate of drug-likeness (QED) is 0.448. The molecule has 2 nitrogen and oxygen atoms in total. The van der Waals surface area contributed by atoms with E-state index in [1.165, 1.54) is 0 Å². The highest BCUT2D eigenvalue weighted by molar-refractivity contribution is 6.29. The van der Waals surface area contributed by atoms with Crippen molar-refractivity contribution >= 4 is 11.6 Å². The third-order valence-electron chi connectivity index (χ3n) is 1.10. The van der Waals surface area contributed by atoms with E-state index in [0.717, 1.165) is 0 Å². The van der Waals surface area contributed by atoms with Gasteiger partial charge in [0, 0.05) is 0 Å². The SMILES string of the molecule is N#CCC#Cc1cccc(Cl)n1. The maximum absolute atomic E-state index is 8.20. The van der Waals surface area contributed by atoms with Crippen LogP contribution in [0.5, 0.6) is 0 Å². The van der Waals surface area contributed by atoms with Crippen molar-refractivity contribution in [2.24, 2.45) is 0 Å². The molecule has 1 aromatic heterocycles. The molecule has 58 valence electrons. The lowest BCUT2D eigenvalue weighted by molar-refractivity contribution is 1.28. The van der Waals surface area contributed by atoms with E-state index in [4.69, 9.17) is 16.9 Å². The van der Waals surface area contributed by atoms with Crippen LogP contribution in [-0.2, 0) is 0 Å². The first-order valence-corrected chi connectivity index (χ1v) is 3.69. The van der Waals surface area contributed by atoms with E-state index in [2.05, 4.69) is 16.8 Å². The smallest absolute Gasteiger partial charge is 0.130 e. The fourth-order valence-electron chi connectivity index (χ4n) is 0.652. The van der Waals surface area contributed by atoms with Gasteiger partial charge in [-0.3, -0.25) is 0 Å². The van der Waals surface area contributed by atoms with Crippen molar-refractivity contribution < 1.29 is 0 Å². The molecule has 3 heteroatoms. The summed E-state index contributed by atoms with van der Waals surface area (Å²) in [5.41, 5.74) is 0.595. The number of aromatic nitrogens is 1. The maximum atomic E-state index is 8.20. The molecule has 0 unspecified atom stereocenters. The molecular weight excluding hydrogens is 172 g/mol. The second-order valence-electron chi connectivity index (χ2n) is 1.98. The zero-order valence-electron chi connectivity index (χ0n) is 6.21. The second-order valence-corrected chi connectivity index (χ2v) is 2.37. The van der Waals surface area contributed by atoms with Gasteiger partial charge in [0.2, 0.25) is 0 Å². The fraction of sp³-hybridized carbons (Fsp3) is 0.111. The summed E-state index contributed by atoms with van der Waals surface area (Å²) in [5.74, 6) is 5.36. The van der Waals surface area contributed by atoms with Gasteiger partial charge >= 0.3 is 0 Å². The molecule has 0 N–H and O–H groups in total. The van der Waals surface area contributed by atoms with Gasteiger partial charge < -0.3 is 0 Å². The third kappa shape index (κ3) is 2.62. The molecule has 0 aliphatic carbocycles. The summed E-state index contributed by atoms with van der Waals surface area (Å²) < 4.78 is 0. The zero-order valence-corrected chi connectivity index (χ0v) is 6.97. The van der Waals surface area contributed by atoms with Crippen molar-refractivity contribution in [2.45, 2.75) is 6.42 Å². The van der Waals surface area contributed by atoms with E-state index >= 15 is 0 Å². The van der Waals surface area contributed by atoms with E-state index in [1.54, 1.807) is 18.2 Å². The molecule has 0 aromatic carbocycles. The van der Waals surface area contributed by atoms with Crippen molar-refractivity contribution in [1.29, 1.82) is 5.26 Å². The summed E-state index contributed by atoms with van der Waals surface area (Å²) in [6, 6.07) is 7.11. The normalized spacial score (nSPS) is 8.00. The Bertz CT molecular complexity index is 368. The van der Waals surface area contributed by atoms with Gasteiger partial charge in [-0.2, -0.15) is 5.26 Å². The number of halogens is 1. The Morgan fingerprint density at radius 2 is 2.33 bits per heavy atom. The van der Waals surface area contributed by atoms with Crippen molar-refractivity contribution in [3.8, 4) is 17.9 Å². The number of nitriles is 1. The summed E-state index contributed by atoms with van der Waals surface area (Å²) in [4.78, 5) is 3.93. The maximum Gasteiger partial charge on any atom is 0.130 e. The Kier molecular flexibility index (Phi) is 3.14. The highest BCUT2D eigenvalue weighted by Crippen LogP contribution is 2.03. The number of hydrogen-bond donors (Lipinski definition) is 0. The van der Waals surface area contributed by atoms with E-state index in [9.17, 15) is 0 Å². The van der Waals surface area contributed by atoms with Gasteiger partial charge in [-0.25, -0.2) is 4.98 Å². The van der Waals surface area contributed by atoms with Crippen LogP contribution in [0.4, 0.5) is 0 Å². The minimum Gasteiger partial charge on any atom is -0.228 e. The van der Waals surface area contributed by atoms with Gasteiger partial charge in [-0.05, 0) is 18.1 Å². The third-order valence-corrected chi connectivity index (χ3v) is 1.31. The first-order chi connectivity index (χ1) is 5.83. The van der Waals surface area contributed by atoms with Gasteiger partial charge in [-0.15, -0.1) is 0 Å². The predicted octanol–water partition coefficient (Wildman–Crippen LogP) is 2.00. The summed E-state index contributed by atoms with van der Waals surface area (Å²) in [6.45, 7) is 0. The lowest BCUT2D eigenvalue weighted by Crippen LogP contribution is -1.80. The van der Waals surface area contributed by atoms with E-state index in [0.29, 0.717) is 10.8 Å². The highest BCUT2D eigenvalue weighted by atomic mass is 35.5. The van der Waals surface area contributed by atoms with Crippen LogP contribution in [0.25, 0.3) is 0 Å². The molecule has 12 heavy (non-hydrogen) atoms. The summed E-state index contributed by atoms with van der Waals surface area (Å²) in [6.07, 6.45) is 0.216. The van der Waals surface area contributed by atoms with Crippen LogP contribution in [0, 0.1) is 23.2 Å². The van der Waals surface area contributed by atoms with Crippen LogP contribution < -0.4 is 0 Å². The molecule has 0 fully saturated rings. The average molecular weight is 177 g/mol. The number of rotatable bonds is 0. The molecule has 1 aromatic rings. The van der Waals surface area contributed by atoms with Crippen LogP contribution in [0.3, 0.4) is 0 Å². The van der Waals surface area contributed by atoms with Crippen LogP contribution in [0.1, 0.15) is 12.1 Å². The molecule has 0 spiro atoms. The van der Waals surface area contributed by atoms with Crippen molar-refractivity contribution in [2.75, 3.05) is 0 Å². The zero-order chi connectivity index (χ0) is 8.81. The molecule has 0 aliphatic rings. The van der Waals surface area contributed by atoms with Gasteiger partial charge in [0.05, 0.1) is 12.5 Å². The molecule has 1 heterocycles. The molecule has 0 saturated carbocycles. The minimum atomic E-state index is 0.216. The molecule has 0 amide bonds. The van der Waals surface area contributed by atoms with Crippen LogP contribution in [0.15, 0.2) is 18.2 Å². The topological polar surface area (TPSA) is 36.7 Å². The number of hydrogen-bond acceptors (Lipinski definition) is 2. The summed E-state index contributed by atoms with van der Waals surface area (Å²) >= 11 is 5.61. The first kappa shape index (κ1) is 8.59. The molecule has 1 rings (SSSR count). The minimum absolute atomic E-state index is 0.216. The Hall–Kier alpha value is -1.51. The van der Waals surface area contributed by atoms with Crippen molar-refractivity contribution in [3.63, 3.8) is 0 Å². The number of pyridine rings is 1. The monoisotopic (exact) mass is 176 g/mol. The summed E-state index contributed by atoms with van der Waals surface area (Å²) in [7, 11) is 0. The Morgan fingerprint density at radius 1 is 1.50 bits per heavy atom. The summed E-state index contributed by atoms with van der Waals surface area (Å²) in [5, 5.41) is 8.62. The largest absolute Gasteiger partial charge is 0.228 e. The molecule has 0 radical (unpaired) electrons.